The van der Waals surface area contributed by atoms with Gasteiger partial charge < -0.3 is 10.6 Å². The van der Waals surface area contributed by atoms with Gasteiger partial charge >= 0.3 is 6.18 Å². The van der Waals surface area contributed by atoms with Crippen molar-refractivity contribution in [1.29, 1.82) is 0 Å². The van der Waals surface area contributed by atoms with E-state index in [9.17, 15) is 18.0 Å². The predicted octanol–water partition coefficient (Wildman–Crippen LogP) is 1.91. The highest BCUT2D eigenvalue weighted by molar-refractivity contribution is 5.81. The van der Waals surface area contributed by atoms with E-state index in [1.165, 1.54) is 4.90 Å². The highest BCUT2D eigenvalue weighted by Crippen LogP contribution is 2.24. The SMILES string of the molecule is O=C(NCCC1CCN(CC(F)(F)F)CC1)[C@H]1CCCCN1. The minimum Gasteiger partial charge on any atom is -0.355 e. The topological polar surface area (TPSA) is 44.4 Å². The third-order valence-electron chi connectivity index (χ3n) is 4.59. The van der Waals surface area contributed by atoms with E-state index in [1.807, 2.05) is 0 Å². The summed E-state index contributed by atoms with van der Waals surface area (Å²) in [6.07, 6.45) is 1.43. The molecule has 2 heterocycles. The molecule has 0 radical (unpaired) electrons. The maximum atomic E-state index is 12.3. The molecule has 0 bridgehead atoms. The summed E-state index contributed by atoms with van der Waals surface area (Å²) in [7, 11) is 0. The van der Waals surface area contributed by atoms with Crippen LogP contribution in [0.5, 0.6) is 0 Å². The highest BCUT2D eigenvalue weighted by atomic mass is 19.4. The second-order valence-corrected chi connectivity index (χ2v) is 6.42. The average molecular weight is 321 g/mol. The van der Waals surface area contributed by atoms with Crippen LogP contribution in [-0.4, -0.2) is 55.7 Å². The van der Waals surface area contributed by atoms with Crippen LogP contribution in [0.2, 0.25) is 0 Å². The zero-order chi connectivity index (χ0) is 16.0. The Hall–Kier alpha value is -0.820. The van der Waals surface area contributed by atoms with Crippen LogP contribution in [0, 0.1) is 5.92 Å². The van der Waals surface area contributed by atoms with E-state index >= 15 is 0 Å². The van der Waals surface area contributed by atoms with Gasteiger partial charge in [-0.1, -0.05) is 6.42 Å². The lowest BCUT2D eigenvalue weighted by Gasteiger charge is -2.32. The zero-order valence-electron chi connectivity index (χ0n) is 12.9. The Morgan fingerprint density at radius 1 is 1.18 bits per heavy atom. The van der Waals surface area contributed by atoms with Gasteiger partial charge in [-0.15, -0.1) is 0 Å². The lowest BCUT2D eigenvalue weighted by Crippen LogP contribution is -2.47. The van der Waals surface area contributed by atoms with E-state index in [0.29, 0.717) is 25.6 Å². The van der Waals surface area contributed by atoms with Gasteiger partial charge in [0.05, 0.1) is 12.6 Å². The van der Waals surface area contributed by atoms with Crippen LogP contribution in [0.15, 0.2) is 0 Å². The quantitative estimate of drug-likeness (QED) is 0.813. The van der Waals surface area contributed by atoms with E-state index in [4.69, 9.17) is 0 Å². The number of amides is 1. The van der Waals surface area contributed by atoms with Crippen LogP contribution in [0.25, 0.3) is 0 Å². The van der Waals surface area contributed by atoms with E-state index in [0.717, 1.165) is 45.1 Å². The van der Waals surface area contributed by atoms with Crippen molar-refractivity contribution < 1.29 is 18.0 Å². The van der Waals surface area contributed by atoms with Gasteiger partial charge in [-0.3, -0.25) is 9.69 Å². The van der Waals surface area contributed by atoms with E-state index < -0.39 is 12.7 Å². The molecule has 22 heavy (non-hydrogen) atoms. The molecular formula is C15H26F3N3O. The van der Waals surface area contributed by atoms with E-state index in [1.54, 1.807) is 0 Å². The third-order valence-corrected chi connectivity index (χ3v) is 4.59. The first-order chi connectivity index (χ1) is 10.4. The number of halogens is 3. The van der Waals surface area contributed by atoms with Crippen LogP contribution < -0.4 is 10.6 Å². The Labute approximate surface area is 129 Å². The fourth-order valence-electron chi connectivity index (χ4n) is 3.29. The molecule has 2 fully saturated rings. The summed E-state index contributed by atoms with van der Waals surface area (Å²) in [6.45, 7) is 1.73. The van der Waals surface area contributed by atoms with Gasteiger partial charge in [0.2, 0.25) is 5.91 Å². The van der Waals surface area contributed by atoms with Crippen LogP contribution in [-0.2, 0) is 4.79 Å². The second kappa shape index (κ2) is 8.15. The Balaban J connectivity index is 1.58. The molecule has 2 saturated heterocycles. The molecule has 128 valence electrons. The number of likely N-dealkylation sites (tertiary alicyclic amines) is 1. The molecule has 1 amide bonds. The van der Waals surface area contributed by atoms with Crippen LogP contribution in [0.4, 0.5) is 13.2 Å². The summed E-state index contributed by atoms with van der Waals surface area (Å²) in [5.74, 6) is 0.485. The molecular weight excluding hydrogens is 295 g/mol. The normalized spacial score (nSPS) is 25.1. The number of hydrogen-bond acceptors (Lipinski definition) is 3. The molecule has 0 saturated carbocycles. The summed E-state index contributed by atoms with van der Waals surface area (Å²) in [6, 6.07) is -0.0672. The van der Waals surface area contributed by atoms with Gasteiger partial charge in [0.25, 0.3) is 0 Å². The summed E-state index contributed by atoms with van der Waals surface area (Å²) in [5.41, 5.74) is 0. The van der Waals surface area contributed by atoms with Gasteiger partial charge in [-0.05, 0) is 57.7 Å². The summed E-state index contributed by atoms with van der Waals surface area (Å²) < 4.78 is 36.9. The molecule has 0 unspecified atom stereocenters. The molecule has 1 atom stereocenters. The van der Waals surface area contributed by atoms with Gasteiger partial charge in [-0.2, -0.15) is 13.2 Å². The van der Waals surface area contributed by atoms with Gasteiger partial charge in [0.1, 0.15) is 0 Å². The maximum Gasteiger partial charge on any atom is 0.401 e. The van der Waals surface area contributed by atoms with Crippen molar-refractivity contribution in [2.45, 2.75) is 50.7 Å². The Bertz CT molecular complexity index is 348. The van der Waals surface area contributed by atoms with Crippen molar-refractivity contribution >= 4 is 5.91 Å². The van der Waals surface area contributed by atoms with Gasteiger partial charge in [0.15, 0.2) is 0 Å². The number of nitrogens with zero attached hydrogens (tertiary/aromatic N) is 1. The van der Waals surface area contributed by atoms with Crippen molar-refractivity contribution in [1.82, 2.24) is 15.5 Å². The molecule has 0 aromatic carbocycles. The molecule has 2 N–H and O–H groups in total. The van der Waals surface area contributed by atoms with Crippen LogP contribution in [0.3, 0.4) is 0 Å². The number of carbonyl (C=O) groups is 1. The summed E-state index contributed by atoms with van der Waals surface area (Å²) in [4.78, 5) is 13.4. The first kappa shape index (κ1) is 17.5. The molecule has 0 aromatic heterocycles. The molecule has 2 rings (SSSR count). The number of nitrogens with one attached hydrogen (secondary N) is 2. The Kier molecular flexibility index (Phi) is 6.50. The number of carbonyl (C=O) groups excluding carboxylic acids is 1. The number of alkyl halides is 3. The maximum absolute atomic E-state index is 12.3. The minimum absolute atomic E-state index is 0.0641. The molecule has 0 aliphatic carbocycles. The zero-order valence-corrected chi connectivity index (χ0v) is 12.9. The minimum atomic E-state index is -4.10. The number of hydrogen-bond donors (Lipinski definition) is 2. The van der Waals surface area contributed by atoms with Crippen molar-refractivity contribution in [3.63, 3.8) is 0 Å². The summed E-state index contributed by atoms with van der Waals surface area (Å²) >= 11 is 0. The molecule has 2 aliphatic heterocycles. The van der Waals surface area contributed by atoms with Crippen molar-refractivity contribution in [2.24, 2.45) is 5.92 Å². The lowest BCUT2D eigenvalue weighted by atomic mass is 9.93. The highest BCUT2D eigenvalue weighted by Gasteiger charge is 2.32. The first-order valence-electron chi connectivity index (χ1n) is 8.24. The molecule has 7 heteroatoms. The predicted molar refractivity (Wildman–Crippen MR) is 78.5 cm³/mol. The van der Waals surface area contributed by atoms with Crippen molar-refractivity contribution in [3.05, 3.63) is 0 Å². The fourth-order valence-corrected chi connectivity index (χ4v) is 3.29. The monoisotopic (exact) mass is 321 g/mol. The molecule has 0 spiro atoms. The Morgan fingerprint density at radius 2 is 1.91 bits per heavy atom. The number of rotatable bonds is 5. The largest absolute Gasteiger partial charge is 0.401 e. The third kappa shape index (κ3) is 6.12. The standard InChI is InChI=1S/C15H26F3N3O/c16-15(17,18)11-21-9-5-12(6-10-21)4-8-20-14(22)13-3-1-2-7-19-13/h12-13,19H,1-11H2,(H,20,22)/t13-/m1/s1. The average Bonchev–Trinajstić information content (AvgIpc) is 2.48. The second-order valence-electron chi connectivity index (χ2n) is 6.42. The van der Waals surface area contributed by atoms with Crippen LogP contribution in [0.1, 0.15) is 38.5 Å². The van der Waals surface area contributed by atoms with Crippen molar-refractivity contribution in [2.75, 3.05) is 32.7 Å². The number of piperidine rings is 2. The van der Waals surface area contributed by atoms with Crippen LogP contribution >= 0.6 is 0 Å². The molecule has 0 aromatic rings. The first-order valence-corrected chi connectivity index (χ1v) is 8.24. The van der Waals surface area contributed by atoms with Crippen molar-refractivity contribution in [3.8, 4) is 0 Å². The fraction of sp³-hybridized carbons (Fsp3) is 0.933. The Morgan fingerprint density at radius 3 is 2.50 bits per heavy atom. The lowest BCUT2D eigenvalue weighted by molar-refractivity contribution is -0.148. The molecule has 2 aliphatic rings. The summed E-state index contributed by atoms with van der Waals surface area (Å²) in [5, 5.41) is 6.16. The van der Waals surface area contributed by atoms with Gasteiger partial charge in [0, 0.05) is 6.54 Å². The molecule has 4 nitrogen and oxygen atoms in total. The smallest absolute Gasteiger partial charge is 0.355 e. The van der Waals surface area contributed by atoms with Gasteiger partial charge in [-0.25, -0.2) is 0 Å². The van der Waals surface area contributed by atoms with E-state index in [2.05, 4.69) is 10.6 Å². The van der Waals surface area contributed by atoms with E-state index in [-0.39, 0.29) is 11.9 Å².